The van der Waals surface area contributed by atoms with Crippen LogP contribution in [0.25, 0.3) is 0 Å². The van der Waals surface area contributed by atoms with Crippen molar-refractivity contribution < 1.29 is 4.74 Å². The van der Waals surface area contributed by atoms with Crippen molar-refractivity contribution >= 4 is 42.4 Å². The van der Waals surface area contributed by atoms with Crippen molar-refractivity contribution in [2.24, 2.45) is 0 Å². The van der Waals surface area contributed by atoms with Gasteiger partial charge in [0.25, 0.3) is 0 Å². The van der Waals surface area contributed by atoms with Gasteiger partial charge < -0.3 is 4.74 Å². The van der Waals surface area contributed by atoms with Crippen molar-refractivity contribution in [2.75, 3.05) is 0 Å². The lowest BCUT2D eigenvalue weighted by molar-refractivity contribution is 0.266. The van der Waals surface area contributed by atoms with Gasteiger partial charge in [0.05, 0.1) is 0 Å². The number of hydrogen-bond donors (Lipinski definition) is 0. The Morgan fingerprint density at radius 2 is 0.974 bits per heavy atom. The third-order valence-electron chi connectivity index (χ3n) is 7.39. The number of para-hydroxylation sites is 1. The lowest BCUT2D eigenvalue weighted by Crippen LogP contribution is -2.27. The highest BCUT2D eigenvalue weighted by molar-refractivity contribution is 7.80. The summed E-state index contributed by atoms with van der Waals surface area (Å²) in [4.78, 5) is 0. The van der Waals surface area contributed by atoms with E-state index in [0.717, 1.165) is 5.75 Å². The topological polar surface area (TPSA) is 9.23 Å². The van der Waals surface area contributed by atoms with Gasteiger partial charge in [0.2, 0.25) is 0 Å². The highest BCUT2D eigenvalue weighted by atomic mass is 31.1. The van der Waals surface area contributed by atoms with Crippen LogP contribution in [0.3, 0.4) is 0 Å². The van der Waals surface area contributed by atoms with E-state index in [1.54, 1.807) is 0 Å². The molecule has 2 atom stereocenters. The van der Waals surface area contributed by atoms with Crippen LogP contribution in [-0.4, -0.2) is 6.10 Å². The van der Waals surface area contributed by atoms with E-state index in [4.69, 9.17) is 4.74 Å². The van der Waals surface area contributed by atoms with E-state index < -0.39 is 15.8 Å². The minimum Gasteiger partial charge on any atom is -0.484 e. The third-order valence-corrected chi connectivity index (χ3v) is 12.4. The van der Waals surface area contributed by atoms with E-state index in [-0.39, 0.29) is 12.0 Å². The highest BCUT2D eigenvalue weighted by Crippen LogP contribution is 2.55. The molecule has 0 bridgehead atoms. The molecule has 0 radical (unpaired) electrons. The van der Waals surface area contributed by atoms with Crippen LogP contribution in [0, 0.1) is 0 Å². The summed E-state index contributed by atoms with van der Waals surface area (Å²) in [5.41, 5.74) is 1.30. The summed E-state index contributed by atoms with van der Waals surface area (Å²) in [5, 5.41) is 8.07. The Morgan fingerprint density at radius 1 is 0.487 bits per heavy atom. The first-order valence-corrected chi connectivity index (χ1v) is 16.1. The van der Waals surface area contributed by atoms with E-state index in [1.165, 1.54) is 37.4 Å². The maximum absolute atomic E-state index is 7.12. The number of benzene rings is 5. The first-order chi connectivity index (χ1) is 19.4. The van der Waals surface area contributed by atoms with Crippen LogP contribution in [0.1, 0.15) is 11.5 Å². The molecular weight excluding hydrogens is 510 g/mol. The Balaban J connectivity index is 1.34. The smallest absolute Gasteiger partial charge is 0.135 e. The highest BCUT2D eigenvalue weighted by Gasteiger charge is 2.41. The maximum atomic E-state index is 7.12. The summed E-state index contributed by atoms with van der Waals surface area (Å²) >= 11 is 0. The zero-order valence-electron chi connectivity index (χ0n) is 21.5. The molecule has 39 heavy (non-hydrogen) atoms. The Labute approximate surface area is 233 Å². The fourth-order valence-corrected chi connectivity index (χ4v) is 10.6. The third kappa shape index (κ3) is 4.57. The van der Waals surface area contributed by atoms with Crippen molar-refractivity contribution in [3.8, 4) is 5.75 Å². The quantitative estimate of drug-likeness (QED) is 0.214. The summed E-state index contributed by atoms with van der Waals surface area (Å²) in [6.45, 7) is 0. The molecule has 1 aliphatic heterocycles. The molecule has 0 saturated heterocycles. The van der Waals surface area contributed by atoms with Crippen LogP contribution in [0.4, 0.5) is 0 Å². The summed E-state index contributed by atoms with van der Waals surface area (Å²) in [6.07, 6.45) is 6.89. The molecule has 3 heteroatoms. The molecule has 0 N–H and O–H groups in total. The minimum atomic E-state index is -0.757. The van der Waals surface area contributed by atoms with Crippen LogP contribution in [-0.2, 0) is 0 Å². The molecule has 1 heterocycles. The van der Waals surface area contributed by atoms with Crippen molar-refractivity contribution in [1.29, 1.82) is 0 Å². The van der Waals surface area contributed by atoms with E-state index in [9.17, 15) is 0 Å². The SMILES string of the molecule is C1=CC2c3cccc(P(c4ccccc4)c4ccccc4)c3OC2C(P(c2ccccc2)c2ccccc2)=C1. The monoisotopic (exact) mass is 538 g/mol. The molecule has 2 unspecified atom stereocenters. The van der Waals surface area contributed by atoms with Crippen LogP contribution in [0.2, 0.25) is 0 Å². The summed E-state index contributed by atoms with van der Waals surface area (Å²) < 4.78 is 7.12. The Bertz CT molecular complexity index is 1550. The molecule has 0 spiro atoms. The molecule has 5 aromatic rings. The average molecular weight is 539 g/mol. The normalized spacial score (nSPS) is 17.4. The van der Waals surface area contributed by atoms with Crippen LogP contribution >= 0.6 is 15.8 Å². The van der Waals surface area contributed by atoms with Crippen molar-refractivity contribution in [2.45, 2.75) is 12.0 Å². The van der Waals surface area contributed by atoms with E-state index in [1.807, 2.05) is 0 Å². The summed E-state index contributed by atoms with van der Waals surface area (Å²) in [7, 11) is -1.48. The fraction of sp³-hybridized carbons (Fsp3) is 0.0556. The standard InChI is InChI=1S/C36H28OP2/c1-5-15-27(16-6-1)38(28-17-7-2-8-18-28)33-25-13-23-31-32-24-14-26-34(36(32)37-35(31)33)39(29-19-9-3-10-20-29)30-21-11-4-12-22-30/h1-26,31,35H. The lowest BCUT2D eigenvalue weighted by atomic mass is 9.92. The Hall–Kier alpha value is -3.76. The van der Waals surface area contributed by atoms with E-state index >= 15 is 0 Å². The molecule has 5 aromatic carbocycles. The van der Waals surface area contributed by atoms with Crippen molar-refractivity contribution in [3.05, 3.63) is 169 Å². The van der Waals surface area contributed by atoms with Gasteiger partial charge in [-0.25, -0.2) is 0 Å². The number of ether oxygens (including phenoxy) is 1. The molecule has 1 aliphatic carbocycles. The largest absolute Gasteiger partial charge is 0.484 e. The molecular formula is C36H28OP2. The van der Waals surface area contributed by atoms with Gasteiger partial charge in [-0.05, 0) is 37.1 Å². The van der Waals surface area contributed by atoms with Gasteiger partial charge in [0.1, 0.15) is 11.9 Å². The van der Waals surface area contributed by atoms with Gasteiger partial charge in [-0.15, -0.1) is 0 Å². The Kier molecular flexibility index (Phi) is 6.71. The second-order valence-corrected chi connectivity index (χ2v) is 14.2. The van der Waals surface area contributed by atoms with Gasteiger partial charge in [-0.1, -0.05) is 158 Å². The summed E-state index contributed by atoms with van der Waals surface area (Å²) in [5.74, 6) is 1.28. The zero-order chi connectivity index (χ0) is 26.0. The minimum absolute atomic E-state index is 0.0129. The van der Waals surface area contributed by atoms with Crippen molar-refractivity contribution in [3.63, 3.8) is 0 Å². The summed E-state index contributed by atoms with van der Waals surface area (Å²) in [6, 6.07) is 50.5. The Morgan fingerprint density at radius 3 is 1.49 bits per heavy atom. The zero-order valence-corrected chi connectivity index (χ0v) is 23.3. The second-order valence-electron chi connectivity index (χ2n) is 9.75. The first-order valence-electron chi connectivity index (χ1n) is 13.4. The van der Waals surface area contributed by atoms with Crippen LogP contribution in [0.15, 0.2) is 163 Å². The average Bonchev–Trinajstić information content (AvgIpc) is 3.40. The van der Waals surface area contributed by atoms with Crippen LogP contribution in [0.5, 0.6) is 5.75 Å². The maximum Gasteiger partial charge on any atom is 0.135 e. The van der Waals surface area contributed by atoms with Gasteiger partial charge >= 0.3 is 0 Å². The second kappa shape index (κ2) is 10.8. The number of fused-ring (bicyclic) bond motifs is 3. The number of rotatable bonds is 6. The lowest BCUT2D eigenvalue weighted by Gasteiger charge is -2.30. The predicted octanol–water partition coefficient (Wildman–Crippen LogP) is 6.88. The van der Waals surface area contributed by atoms with Gasteiger partial charge in [0.15, 0.2) is 0 Å². The van der Waals surface area contributed by atoms with Crippen LogP contribution < -0.4 is 31.3 Å². The van der Waals surface area contributed by atoms with Gasteiger partial charge in [0, 0.05) is 22.1 Å². The molecule has 0 amide bonds. The van der Waals surface area contributed by atoms with E-state index in [2.05, 4.69) is 158 Å². The van der Waals surface area contributed by atoms with Crippen molar-refractivity contribution in [1.82, 2.24) is 0 Å². The molecule has 0 fully saturated rings. The molecule has 7 rings (SSSR count). The molecule has 188 valence electrons. The number of hydrogen-bond acceptors (Lipinski definition) is 1. The fourth-order valence-electron chi connectivity index (χ4n) is 5.67. The first kappa shape index (κ1) is 24.3. The van der Waals surface area contributed by atoms with Gasteiger partial charge in [-0.2, -0.15) is 0 Å². The molecule has 1 nitrogen and oxygen atoms in total. The molecule has 0 saturated carbocycles. The molecule has 2 aliphatic rings. The predicted molar refractivity (Wildman–Crippen MR) is 169 cm³/mol. The molecule has 0 aromatic heterocycles. The van der Waals surface area contributed by atoms with Gasteiger partial charge in [-0.3, -0.25) is 0 Å². The van der Waals surface area contributed by atoms with E-state index in [0.29, 0.717) is 0 Å². The number of allylic oxidation sites excluding steroid dienone is 2.